The molecule has 1 aromatic heterocycles. The molecule has 0 aliphatic heterocycles. The van der Waals surface area contributed by atoms with E-state index < -0.39 is 5.97 Å². The summed E-state index contributed by atoms with van der Waals surface area (Å²) in [6.45, 7) is 2.24. The molecule has 0 bridgehead atoms. The Morgan fingerprint density at radius 3 is 2.70 bits per heavy atom. The van der Waals surface area contributed by atoms with E-state index in [0.717, 1.165) is 0 Å². The number of phenols is 1. The quantitative estimate of drug-likeness (QED) is 0.768. The van der Waals surface area contributed by atoms with Crippen molar-refractivity contribution < 1.29 is 19.7 Å². The normalized spacial score (nSPS) is 10.7. The molecule has 5 heteroatoms. The van der Waals surface area contributed by atoms with E-state index >= 15 is 0 Å². The first-order chi connectivity index (χ1) is 11.1. The molecule has 0 aliphatic rings. The fraction of sp³-hybridized carbons (Fsp3) is 0.111. The van der Waals surface area contributed by atoms with Crippen molar-refractivity contribution in [1.29, 1.82) is 0 Å². The first-order valence-corrected chi connectivity index (χ1v) is 7.19. The largest absolute Gasteiger partial charge is 0.504 e. The highest BCUT2D eigenvalue weighted by Gasteiger charge is 2.14. The minimum atomic E-state index is -1.01. The summed E-state index contributed by atoms with van der Waals surface area (Å²) in [6.07, 6.45) is 0. The summed E-state index contributed by atoms with van der Waals surface area (Å²) >= 11 is 0. The van der Waals surface area contributed by atoms with Crippen molar-refractivity contribution in [1.82, 2.24) is 4.98 Å². The third-order valence-electron chi connectivity index (χ3n) is 3.50. The molecule has 3 aromatic rings. The maximum Gasteiger partial charge on any atom is 0.336 e. The SMILES string of the molecule is CCOc1cc(-c2cc(C(=O)O)c3ccccc3n2)ccc1O. The van der Waals surface area contributed by atoms with Gasteiger partial charge >= 0.3 is 5.97 Å². The van der Waals surface area contributed by atoms with E-state index in [1.54, 1.807) is 30.3 Å². The maximum atomic E-state index is 11.5. The molecule has 0 spiro atoms. The number of para-hydroxylation sites is 1. The number of pyridine rings is 1. The Morgan fingerprint density at radius 2 is 1.96 bits per heavy atom. The second kappa shape index (κ2) is 5.96. The van der Waals surface area contributed by atoms with E-state index in [2.05, 4.69) is 4.98 Å². The van der Waals surface area contributed by atoms with Crippen molar-refractivity contribution in [2.45, 2.75) is 6.92 Å². The third-order valence-corrected chi connectivity index (χ3v) is 3.50. The van der Waals surface area contributed by atoms with E-state index in [9.17, 15) is 15.0 Å². The van der Waals surface area contributed by atoms with Crippen LogP contribution in [-0.4, -0.2) is 27.8 Å². The monoisotopic (exact) mass is 309 g/mol. The van der Waals surface area contributed by atoms with Gasteiger partial charge in [0.15, 0.2) is 11.5 Å². The van der Waals surface area contributed by atoms with Crippen LogP contribution in [0.5, 0.6) is 11.5 Å². The third kappa shape index (κ3) is 2.81. The van der Waals surface area contributed by atoms with Crippen molar-refractivity contribution >= 4 is 16.9 Å². The van der Waals surface area contributed by atoms with Crippen LogP contribution in [0.25, 0.3) is 22.2 Å². The summed E-state index contributed by atoms with van der Waals surface area (Å²) in [5.41, 5.74) is 1.99. The highest BCUT2D eigenvalue weighted by Crippen LogP contribution is 2.32. The Labute approximate surface area is 132 Å². The molecular weight excluding hydrogens is 294 g/mol. The number of fused-ring (bicyclic) bond motifs is 1. The Kier molecular flexibility index (Phi) is 3.85. The molecule has 0 fully saturated rings. The summed E-state index contributed by atoms with van der Waals surface area (Å²) in [5, 5.41) is 19.8. The summed E-state index contributed by atoms with van der Waals surface area (Å²) in [7, 11) is 0. The summed E-state index contributed by atoms with van der Waals surface area (Å²) in [4.78, 5) is 16.0. The van der Waals surface area contributed by atoms with Gasteiger partial charge in [0.25, 0.3) is 0 Å². The first kappa shape index (κ1) is 14.8. The zero-order valence-electron chi connectivity index (χ0n) is 12.5. The molecule has 5 nitrogen and oxygen atoms in total. The summed E-state index contributed by atoms with van der Waals surface area (Å²) < 4.78 is 5.37. The molecule has 0 saturated carbocycles. The lowest BCUT2D eigenvalue weighted by Gasteiger charge is -2.10. The molecule has 0 unspecified atom stereocenters. The number of carboxylic acids is 1. The number of hydrogen-bond acceptors (Lipinski definition) is 4. The standard InChI is InChI=1S/C18H15NO4/c1-2-23-17-9-11(7-8-16(17)20)15-10-13(18(21)22)12-5-3-4-6-14(12)19-15/h3-10,20H,2H2,1H3,(H,21,22). The van der Waals surface area contributed by atoms with E-state index in [4.69, 9.17) is 4.74 Å². The van der Waals surface area contributed by atoms with Crippen molar-refractivity contribution in [2.24, 2.45) is 0 Å². The van der Waals surface area contributed by atoms with Crippen LogP contribution in [0.3, 0.4) is 0 Å². The van der Waals surface area contributed by atoms with Crippen molar-refractivity contribution in [2.75, 3.05) is 6.61 Å². The van der Waals surface area contributed by atoms with E-state index in [1.807, 2.05) is 13.0 Å². The van der Waals surface area contributed by atoms with Crippen LogP contribution in [0.2, 0.25) is 0 Å². The van der Waals surface area contributed by atoms with E-state index in [0.29, 0.717) is 34.5 Å². The second-order valence-electron chi connectivity index (χ2n) is 4.99. The van der Waals surface area contributed by atoms with Crippen molar-refractivity contribution in [3.63, 3.8) is 0 Å². The van der Waals surface area contributed by atoms with Crippen LogP contribution >= 0.6 is 0 Å². The topological polar surface area (TPSA) is 79.7 Å². The number of benzene rings is 2. The highest BCUT2D eigenvalue weighted by atomic mass is 16.5. The molecule has 0 saturated heterocycles. The molecular formula is C18H15NO4. The number of aromatic hydroxyl groups is 1. The highest BCUT2D eigenvalue weighted by molar-refractivity contribution is 6.03. The average Bonchev–Trinajstić information content (AvgIpc) is 2.56. The molecule has 1 heterocycles. The number of carbonyl (C=O) groups is 1. The van der Waals surface area contributed by atoms with Gasteiger partial charge in [0, 0.05) is 10.9 Å². The van der Waals surface area contributed by atoms with Gasteiger partial charge < -0.3 is 14.9 Å². The van der Waals surface area contributed by atoms with Gasteiger partial charge in [-0.3, -0.25) is 0 Å². The average molecular weight is 309 g/mol. The number of phenolic OH excluding ortho intramolecular Hbond substituents is 1. The van der Waals surface area contributed by atoms with Crippen LogP contribution in [0, 0.1) is 0 Å². The van der Waals surface area contributed by atoms with Gasteiger partial charge in [0.1, 0.15) is 0 Å². The number of ether oxygens (including phenoxy) is 1. The zero-order valence-corrected chi connectivity index (χ0v) is 12.5. The molecule has 0 radical (unpaired) electrons. The van der Waals surface area contributed by atoms with Crippen LogP contribution in [0.15, 0.2) is 48.5 Å². The summed E-state index contributed by atoms with van der Waals surface area (Å²) in [5.74, 6) is -0.625. The molecule has 116 valence electrons. The fourth-order valence-corrected chi connectivity index (χ4v) is 2.44. The maximum absolute atomic E-state index is 11.5. The van der Waals surface area contributed by atoms with Gasteiger partial charge in [-0.25, -0.2) is 9.78 Å². The summed E-state index contributed by atoms with van der Waals surface area (Å²) in [6, 6.07) is 13.5. The number of hydrogen-bond donors (Lipinski definition) is 2. The molecule has 23 heavy (non-hydrogen) atoms. The number of aromatic carboxylic acids is 1. The van der Waals surface area contributed by atoms with Crippen molar-refractivity contribution in [3.05, 3.63) is 54.1 Å². The zero-order chi connectivity index (χ0) is 16.4. The van der Waals surface area contributed by atoms with Crippen LogP contribution in [0.1, 0.15) is 17.3 Å². The molecule has 0 amide bonds. The fourth-order valence-electron chi connectivity index (χ4n) is 2.44. The molecule has 2 aromatic carbocycles. The Morgan fingerprint density at radius 1 is 1.17 bits per heavy atom. The number of nitrogens with zero attached hydrogens (tertiary/aromatic N) is 1. The van der Waals surface area contributed by atoms with Gasteiger partial charge in [-0.05, 0) is 37.3 Å². The Bertz CT molecular complexity index is 889. The van der Waals surface area contributed by atoms with E-state index in [1.165, 1.54) is 12.1 Å². The van der Waals surface area contributed by atoms with Crippen LogP contribution in [0.4, 0.5) is 0 Å². The minimum absolute atomic E-state index is 0.0369. The number of carboxylic acid groups (broad SMARTS) is 1. The lowest BCUT2D eigenvalue weighted by atomic mass is 10.0. The molecule has 0 aliphatic carbocycles. The first-order valence-electron chi connectivity index (χ1n) is 7.19. The molecule has 3 rings (SSSR count). The number of aromatic nitrogens is 1. The smallest absolute Gasteiger partial charge is 0.336 e. The van der Waals surface area contributed by atoms with Crippen LogP contribution in [-0.2, 0) is 0 Å². The predicted octanol–water partition coefficient (Wildman–Crippen LogP) is 3.70. The van der Waals surface area contributed by atoms with Gasteiger partial charge in [-0.2, -0.15) is 0 Å². The predicted molar refractivity (Wildman–Crippen MR) is 87.0 cm³/mol. The van der Waals surface area contributed by atoms with Gasteiger partial charge in [-0.15, -0.1) is 0 Å². The molecule has 0 atom stereocenters. The minimum Gasteiger partial charge on any atom is -0.504 e. The number of rotatable bonds is 4. The van der Waals surface area contributed by atoms with Gasteiger partial charge in [0.2, 0.25) is 0 Å². The molecule has 2 N–H and O–H groups in total. The Balaban J connectivity index is 2.20. The van der Waals surface area contributed by atoms with Crippen molar-refractivity contribution in [3.8, 4) is 22.8 Å². The van der Waals surface area contributed by atoms with Gasteiger partial charge in [0.05, 0.1) is 23.4 Å². The van der Waals surface area contributed by atoms with Gasteiger partial charge in [-0.1, -0.05) is 18.2 Å². The lowest BCUT2D eigenvalue weighted by Crippen LogP contribution is -2.00. The second-order valence-corrected chi connectivity index (χ2v) is 4.99. The van der Waals surface area contributed by atoms with Crippen LogP contribution < -0.4 is 4.74 Å². The van der Waals surface area contributed by atoms with E-state index in [-0.39, 0.29) is 11.3 Å². The Hall–Kier alpha value is -3.08. The lowest BCUT2D eigenvalue weighted by molar-refractivity contribution is 0.0699.